The third-order valence-corrected chi connectivity index (χ3v) is 5.64. The van der Waals surface area contributed by atoms with Crippen LogP contribution in [-0.4, -0.2) is 24.2 Å². The number of aromatic nitrogens is 2. The standard InChI is InChI=1S/C18H13Cl2N3O3S/c1-11-8-13(5-6-14(11)20)27(25,26)23-16-9-12(19)10-22-17(16)18(24)15-4-2-3-7-21-15/h2-10,23H,1H3. The van der Waals surface area contributed by atoms with E-state index in [1.165, 1.54) is 42.7 Å². The lowest BCUT2D eigenvalue weighted by atomic mass is 10.1. The second-order valence-corrected chi connectivity index (χ2v) is 8.14. The first kappa shape index (κ1) is 19.3. The van der Waals surface area contributed by atoms with Crippen molar-refractivity contribution >= 4 is 44.7 Å². The van der Waals surface area contributed by atoms with Gasteiger partial charge < -0.3 is 0 Å². The van der Waals surface area contributed by atoms with Gasteiger partial charge >= 0.3 is 0 Å². The molecule has 0 spiro atoms. The normalized spacial score (nSPS) is 11.2. The van der Waals surface area contributed by atoms with Crippen LogP contribution in [0.5, 0.6) is 0 Å². The predicted molar refractivity (Wildman–Crippen MR) is 104 cm³/mol. The summed E-state index contributed by atoms with van der Waals surface area (Å²) in [6.45, 7) is 1.69. The molecule has 0 aliphatic carbocycles. The second kappa shape index (κ2) is 7.64. The molecule has 3 rings (SSSR count). The Morgan fingerprint density at radius 1 is 1.07 bits per heavy atom. The number of nitrogens with zero attached hydrogens (tertiary/aromatic N) is 2. The van der Waals surface area contributed by atoms with Gasteiger partial charge in [-0.05, 0) is 48.9 Å². The summed E-state index contributed by atoms with van der Waals surface area (Å²) in [5.74, 6) is -0.530. The van der Waals surface area contributed by atoms with Crippen molar-refractivity contribution in [1.82, 2.24) is 9.97 Å². The van der Waals surface area contributed by atoms with E-state index in [1.54, 1.807) is 19.1 Å². The smallest absolute Gasteiger partial charge is 0.261 e. The topological polar surface area (TPSA) is 89.0 Å². The van der Waals surface area contributed by atoms with Crippen LogP contribution in [0.25, 0.3) is 0 Å². The Kier molecular flexibility index (Phi) is 5.46. The molecule has 3 aromatic rings. The molecule has 2 aromatic heterocycles. The van der Waals surface area contributed by atoms with E-state index in [-0.39, 0.29) is 27.0 Å². The number of hydrogen-bond acceptors (Lipinski definition) is 5. The lowest BCUT2D eigenvalue weighted by molar-refractivity contribution is 0.103. The highest BCUT2D eigenvalue weighted by Gasteiger charge is 2.22. The number of carbonyl (C=O) groups is 1. The minimum atomic E-state index is -3.99. The fourth-order valence-corrected chi connectivity index (χ4v) is 3.72. The molecule has 0 amide bonds. The molecular formula is C18H13Cl2N3O3S. The second-order valence-electron chi connectivity index (χ2n) is 5.61. The third kappa shape index (κ3) is 4.27. The molecule has 1 aromatic carbocycles. The zero-order valence-electron chi connectivity index (χ0n) is 14.0. The van der Waals surface area contributed by atoms with Gasteiger partial charge in [0.05, 0.1) is 15.6 Å². The van der Waals surface area contributed by atoms with Crippen LogP contribution in [0.2, 0.25) is 10.0 Å². The lowest BCUT2D eigenvalue weighted by Gasteiger charge is -2.12. The van der Waals surface area contributed by atoms with Crippen molar-refractivity contribution in [3.8, 4) is 0 Å². The largest absolute Gasteiger partial charge is 0.285 e. The summed E-state index contributed by atoms with van der Waals surface area (Å²) in [5, 5.41) is 0.627. The molecule has 0 unspecified atom stereocenters. The number of pyridine rings is 2. The third-order valence-electron chi connectivity index (χ3n) is 3.65. The van der Waals surface area contributed by atoms with Crippen molar-refractivity contribution in [3.63, 3.8) is 0 Å². The number of benzene rings is 1. The van der Waals surface area contributed by atoms with Crippen molar-refractivity contribution < 1.29 is 13.2 Å². The van der Waals surface area contributed by atoms with Gasteiger partial charge in [-0.2, -0.15) is 0 Å². The number of rotatable bonds is 5. The molecule has 138 valence electrons. The monoisotopic (exact) mass is 421 g/mol. The Bertz CT molecular complexity index is 1120. The van der Waals surface area contributed by atoms with Crippen LogP contribution in [0.3, 0.4) is 0 Å². The van der Waals surface area contributed by atoms with Gasteiger partial charge in [-0.3, -0.25) is 14.5 Å². The summed E-state index contributed by atoms with van der Waals surface area (Å²) < 4.78 is 27.8. The number of aryl methyl sites for hydroxylation is 1. The van der Waals surface area contributed by atoms with Crippen LogP contribution in [0.1, 0.15) is 21.7 Å². The molecule has 9 heteroatoms. The Morgan fingerprint density at radius 2 is 1.85 bits per heavy atom. The molecule has 0 fully saturated rings. The molecule has 0 aliphatic heterocycles. The van der Waals surface area contributed by atoms with E-state index in [2.05, 4.69) is 14.7 Å². The maximum Gasteiger partial charge on any atom is 0.261 e. The van der Waals surface area contributed by atoms with E-state index in [0.29, 0.717) is 10.6 Å². The molecule has 1 N–H and O–H groups in total. The van der Waals surface area contributed by atoms with E-state index < -0.39 is 15.8 Å². The molecule has 0 radical (unpaired) electrons. The molecule has 0 bridgehead atoms. The maximum absolute atomic E-state index is 12.7. The van der Waals surface area contributed by atoms with Crippen LogP contribution >= 0.6 is 23.2 Å². The fraction of sp³-hybridized carbons (Fsp3) is 0.0556. The highest BCUT2D eigenvalue weighted by molar-refractivity contribution is 7.92. The number of hydrogen-bond donors (Lipinski definition) is 1. The van der Waals surface area contributed by atoms with Crippen LogP contribution in [0.4, 0.5) is 5.69 Å². The number of nitrogens with one attached hydrogen (secondary N) is 1. The SMILES string of the molecule is Cc1cc(S(=O)(=O)Nc2cc(Cl)cnc2C(=O)c2ccccn2)ccc1Cl. The van der Waals surface area contributed by atoms with Crippen molar-refractivity contribution in [3.05, 3.63) is 81.9 Å². The number of halogens is 2. The number of anilines is 1. The zero-order valence-corrected chi connectivity index (χ0v) is 16.3. The summed E-state index contributed by atoms with van der Waals surface area (Å²) >= 11 is 11.9. The first-order valence-corrected chi connectivity index (χ1v) is 9.92. The summed E-state index contributed by atoms with van der Waals surface area (Å²) in [5.41, 5.74) is 0.599. The van der Waals surface area contributed by atoms with Gasteiger partial charge in [0, 0.05) is 17.4 Å². The highest BCUT2D eigenvalue weighted by atomic mass is 35.5. The van der Waals surface area contributed by atoms with E-state index in [1.807, 2.05) is 0 Å². The first-order valence-electron chi connectivity index (χ1n) is 7.68. The number of carbonyl (C=O) groups excluding carboxylic acids is 1. The van der Waals surface area contributed by atoms with Crippen LogP contribution in [0.15, 0.2) is 59.8 Å². The van der Waals surface area contributed by atoms with E-state index in [0.717, 1.165) is 0 Å². The van der Waals surface area contributed by atoms with Gasteiger partial charge in [-0.25, -0.2) is 13.4 Å². The van der Waals surface area contributed by atoms with Crippen LogP contribution < -0.4 is 4.72 Å². The molecule has 27 heavy (non-hydrogen) atoms. The first-order chi connectivity index (χ1) is 12.8. The summed E-state index contributed by atoms with van der Waals surface area (Å²) in [6.07, 6.45) is 2.73. The lowest BCUT2D eigenvalue weighted by Crippen LogP contribution is -2.17. The van der Waals surface area contributed by atoms with Crippen LogP contribution in [-0.2, 0) is 10.0 Å². The van der Waals surface area contributed by atoms with E-state index in [9.17, 15) is 13.2 Å². The highest BCUT2D eigenvalue weighted by Crippen LogP contribution is 2.25. The van der Waals surface area contributed by atoms with Crippen molar-refractivity contribution in [2.45, 2.75) is 11.8 Å². The molecular weight excluding hydrogens is 409 g/mol. The molecule has 0 atom stereocenters. The summed E-state index contributed by atoms with van der Waals surface area (Å²) in [6, 6.07) is 10.4. The Balaban J connectivity index is 2.02. The minimum Gasteiger partial charge on any atom is -0.285 e. The Morgan fingerprint density at radius 3 is 2.52 bits per heavy atom. The van der Waals surface area contributed by atoms with E-state index in [4.69, 9.17) is 23.2 Å². The maximum atomic E-state index is 12.7. The molecule has 2 heterocycles. The van der Waals surface area contributed by atoms with Gasteiger partial charge in [0.15, 0.2) is 0 Å². The fourth-order valence-electron chi connectivity index (χ4n) is 2.30. The van der Waals surface area contributed by atoms with Gasteiger partial charge in [0.25, 0.3) is 10.0 Å². The van der Waals surface area contributed by atoms with Crippen molar-refractivity contribution in [2.24, 2.45) is 0 Å². The van der Waals surface area contributed by atoms with Gasteiger partial charge in [-0.15, -0.1) is 0 Å². The van der Waals surface area contributed by atoms with Crippen molar-refractivity contribution in [1.29, 1.82) is 0 Å². The van der Waals surface area contributed by atoms with Gasteiger partial charge in [0.1, 0.15) is 11.4 Å². The quantitative estimate of drug-likeness (QED) is 0.625. The molecule has 6 nitrogen and oxygen atoms in total. The Hall–Kier alpha value is -2.48. The summed E-state index contributed by atoms with van der Waals surface area (Å²) in [7, 11) is -3.99. The number of sulfonamides is 1. The average molecular weight is 422 g/mol. The minimum absolute atomic E-state index is 0.000565. The van der Waals surface area contributed by atoms with Crippen LogP contribution in [0, 0.1) is 6.92 Å². The zero-order chi connectivity index (χ0) is 19.6. The number of ketones is 1. The Labute approximate surface area is 166 Å². The molecule has 0 saturated carbocycles. The van der Waals surface area contributed by atoms with Gasteiger partial charge in [0.2, 0.25) is 5.78 Å². The molecule has 0 aliphatic rings. The molecule has 0 saturated heterocycles. The average Bonchev–Trinajstić information content (AvgIpc) is 2.64. The van der Waals surface area contributed by atoms with Crippen molar-refractivity contribution in [2.75, 3.05) is 4.72 Å². The summed E-state index contributed by atoms with van der Waals surface area (Å²) in [4.78, 5) is 20.7. The van der Waals surface area contributed by atoms with Gasteiger partial charge in [-0.1, -0.05) is 29.3 Å². The van der Waals surface area contributed by atoms with E-state index >= 15 is 0 Å². The predicted octanol–water partition coefficient (Wildman–Crippen LogP) is 4.12.